The molecule has 1 saturated carbocycles. The molecule has 1 aromatic carbocycles. The third kappa shape index (κ3) is 3.66. The lowest BCUT2D eigenvalue weighted by Gasteiger charge is -2.15. The number of nitrogens with one attached hydrogen (secondary N) is 1. The molecule has 1 amide bonds. The molecule has 3 atom stereocenters. The number of amides is 1. The van der Waals surface area contributed by atoms with Gasteiger partial charge in [0.2, 0.25) is 5.91 Å². The van der Waals surface area contributed by atoms with E-state index in [1.165, 1.54) is 12.1 Å². The van der Waals surface area contributed by atoms with Crippen LogP contribution in [-0.4, -0.2) is 12.5 Å². The number of rotatable bonds is 5. The minimum Gasteiger partial charge on any atom is -0.435 e. The fourth-order valence-electron chi connectivity index (χ4n) is 2.03. The molecule has 0 spiro atoms. The van der Waals surface area contributed by atoms with Gasteiger partial charge in [0.1, 0.15) is 5.75 Å². The molecule has 19 heavy (non-hydrogen) atoms. The second-order valence-electron chi connectivity index (χ2n) is 5.00. The van der Waals surface area contributed by atoms with E-state index < -0.39 is 6.61 Å². The van der Waals surface area contributed by atoms with Crippen LogP contribution < -0.4 is 10.1 Å². The number of carbonyl (C=O) groups is 1. The fourth-order valence-corrected chi connectivity index (χ4v) is 2.03. The lowest BCUT2D eigenvalue weighted by Crippen LogP contribution is -2.28. The molecule has 0 aliphatic heterocycles. The summed E-state index contributed by atoms with van der Waals surface area (Å²) in [5, 5.41) is 2.92. The van der Waals surface area contributed by atoms with Crippen LogP contribution in [0.1, 0.15) is 31.9 Å². The molecular weight excluding hydrogens is 252 g/mol. The molecule has 0 radical (unpaired) electrons. The molecule has 2 rings (SSSR count). The van der Waals surface area contributed by atoms with Crippen LogP contribution in [0.4, 0.5) is 8.78 Å². The molecule has 1 aliphatic carbocycles. The monoisotopic (exact) mass is 269 g/mol. The van der Waals surface area contributed by atoms with E-state index in [1.54, 1.807) is 12.1 Å². The van der Waals surface area contributed by atoms with Gasteiger partial charge in [-0.05, 0) is 37.0 Å². The topological polar surface area (TPSA) is 38.3 Å². The minimum absolute atomic E-state index is 0.0629. The van der Waals surface area contributed by atoms with Gasteiger partial charge in [0.25, 0.3) is 0 Å². The summed E-state index contributed by atoms with van der Waals surface area (Å²) in [5.41, 5.74) is 0.864. The Kier molecular flexibility index (Phi) is 4.02. The number of halogens is 2. The van der Waals surface area contributed by atoms with E-state index in [4.69, 9.17) is 0 Å². The van der Waals surface area contributed by atoms with Gasteiger partial charge in [-0.25, -0.2) is 0 Å². The normalized spacial score (nSPS) is 23.0. The predicted octanol–water partition coefficient (Wildman–Crippen LogP) is 3.12. The van der Waals surface area contributed by atoms with Crippen LogP contribution in [-0.2, 0) is 4.79 Å². The Morgan fingerprint density at radius 3 is 2.42 bits per heavy atom. The molecule has 3 nitrogen and oxygen atoms in total. The van der Waals surface area contributed by atoms with Gasteiger partial charge in [-0.2, -0.15) is 8.78 Å². The number of alkyl halides is 2. The van der Waals surface area contributed by atoms with E-state index in [1.807, 2.05) is 13.8 Å². The largest absolute Gasteiger partial charge is 0.435 e. The van der Waals surface area contributed by atoms with Crippen LogP contribution in [0.15, 0.2) is 24.3 Å². The van der Waals surface area contributed by atoms with E-state index in [-0.39, 0.29) is 23.6 Å². The Morgan fingerprint density at radius 1 is 1.37 bits per heavy atom. The van der Waals surface area contributed by atoms with Crippen molar-refractivity contribution in [2.24, 2.45) is 11.8 Å². The predicted molar refractivity (Wildman–Crippen MR) is 66.9 cm³/mol. The zero-order valence-corrected chi connectivity index (χ0v) is 10.9. The average molecular weight is 269 g/mol. The van der Waals surface area contributed by atoms with E-state index >= 15 is 0 Å². The molecule has 0 aromatic heterocycles. The number of benzene rings is 1. The summed E-state index contributed by atoms with van der Waals surface area (Å²) in [5.74, 6) is 0.777. The summed E-state index contributed by atoms with van der Waals surface area (Å²) in [4.78, 5) is 11.8. The summed E-state index contributed by atoms with van der Waals surface area (Å²) in [6, 6.07) is 6.17. The van der Waals surface area contributed by atoms with E-state index in [0.717, 1.165) is 12.0 Å². The van der Waals surface area contributed by atoms with Crippen molar-refractivity contribution in [3.8, 4) is 5.75 Å². The van der Waals surface area contributed by atoms with Crippen molar-refractivity contribution in [3.63, 3.8) is 0 Å². The van der Waals surface area contributed by atoms with Crippen molar-refractivity contribution in [1.29, 1.82) is 0 Å². The van der Waals surface area contributed by atoms with Crippen molar-refractivity contribution < 1.29 is 18.3 Å². The lowest BCUT2D eigenvalue weighted by atomic mass is 10.1. The highest BCUT2D eigenvalue weighted by atomic mass is 19.3. The first-order valence-electron chi connectivity index (χ1n) is 6.32. The summed E-state index contributed by atoms with van der Waals surface area (Å²) in [6.07, 6.45) is 0.944. The van der Waals surface area contributed by atoms with Gasteiger partial charge < -0.3 is 10.1 Å². The van der Waals surface area contributed by atoms with Crippen LogP contribution in [0.3, 0.4) is 0 Å². The third-order valence-electron chi connectivity index (χ3n) is 3.41. The van der Waals surface area contributed by atoms with Gasteiger partial charge in [0.05, 0.1) is 6.04 Å². The van der Waals surface area contributed by atoms with E-state index in [0.29, 0.717) is 5.92 Å². The SMILES string of the molecule is C[C@H](NC(=O)[C@@H]1C[C@@H]1C)c1ccc(OC(F)F)cc1. The maximum atomic E-state index is 12.0. The Hall–Kier alpha value is -1.65. The quantitative estimate of drug-likeness (QED) is 0.892. The van der Waals surface area contributed by atoms with Crippen molar-refractivity contribution in [3.05, 3.63) is 29.8 Å². The van der Waals surface area contributed by atoms with E-state index in [2.05, 4.69) is 10.1 Å². The fraction of sp³-hybridized carbons (Fsp3) is 0.500. The lowest BCUT2D eigenvalue weighted by molar-refractivity contribution is -0.123. The zero-order chi connectivity index (χ0) is 14.0. The van der Waals surface area contributed by atoms with Gasteiger partial charge in [0, 0.05) is 5.92 Å². The molecule has 1 N–H and O–H groups in total. The maximum Gasteiger partial charge on any atom is 0.387 e. The van der Waals surface area contributed by atoms with Crippen LogP contribution >= 0.6 is 0 Å². The maximum absolute atomic E-state index is 12.0. The number of hydrogen-bond acceptors (Lipinski definition) is 2. The summed E-state index contributed by atoms with van der Waals surface area (Å²) in [7, 11) is 0. The highest BCUT2D eigenvalue weighted by Crippen LogP contribution is 2.38. The molecule has 104 valence electrons. The van der Waals surface area contributed by atoms with Crippen LogP contribution in [0.2, 0.25) is 0 Å². The van der Waals surface area contributed by atoms with Crippen molar-refractivity contribution in [2.45, 2.75) is 32.9 Å². The van der Waals surface area contributed by atoms with Crippen molar-refractivity contribution in [1.82, 2.24) is 5.32 Å². The smallest absolute Gasteiger partial charge is 0.387 e. The van der Waals surface area contributed by atoms with Crippen molar-refractivity contribution in [2.75, 3.05) is 0 Å². The Labute approximate surface area is 111 Å². The first-order chi connectivity index (χ1) is 8.97. The summed E-state index contributed by atoms with van der Waals surface area (Å²) >= 11 is 0. The number of hydrogen-bond donors (Lipinski definition) is 1. The average Bonchev–Trinajstić information content (AvgIpc) is 3.06. The molecule has 0 heterocycles. The first kappa shape index (κ1) is 13.8. The summed E-state index contributed by atoms with van der Waals surface area (Å²) < 4.78 is 28.3. The third-order valence-corrected chi connectivity index (χ3v) is 3.41. The molecule has 1 aliphatic rings. The van der Waals surface area contributed by atoms with Crippen LogP contribution in [0, 0.1) is 11.8 Å². The number of carbonyl (C=O) groups excluding carboxylic acids is 1. The van der Waals surface area contributed by atoms with Gasteiger partial charge in [-0.3, -0.25) is 4.79 Å². The zero-order valence-electron chi connectivity index (χ0n) is 10.9. The molecule has 5 heteroatoms. The second kappa shape index (κ2) is 5.55. The van der Waals surface area contributed by atoms with Gasteiger partial charge in [-0.1, -0.05) is 19.1 Å². The number of ether oxygens (including phenoxy) is 1. The molecule has 0 unspecified atom stereocenters. The van der Waals surface area contributed by atoms with Gasteiger partial charge >= 0.3 is 6.61 Å². The molecule has 1 fully saturated rings. The van der Waals surface area contributed by atoms with E-state index in [9.17, 15) is 13.6 Å². The Bertz CT molecular complexity index is 447. The van der Waals surface area contributed by atoms with Crippen LogP contribution in [0.25, 0.3) is 0 Å². The highest BCUT2D eigenvalue weighted by molar-refractivity contribution is 5.81. The van der Waals surface area contributed by atoms with Gasteiger partial charge in [0.15, 0.2) is 0 Å². The molecule has 0 saturated heterocycles. The van der Waals surface area contributed by atoms with Gasteiger partial charge in [-0.15, -0.1) is 0 Å². The highest BCUT2D eigenvalue weighted by Gasteiger charge is 2.39. The van der Waals surface area contributed by atoms with Crippen LogP contribution in [0.5, 0.6) is 5.75 Å². The van der Waals surface area contributed by atoms with Crippen molar-refractivity contribution >= 4 is 5.91 Å². The Balaban J connectivity index is 1.91. The molecule has 1 aromatic rings. The standard InChI is InChI=1S/C14H17F2NO2/c1-8-7-12(8)13(18)17-9(2)10-3-5-11(6-4-10)19-14(15)16/h3-6,8-9,12,14H,7H2,1-2H3,(H,17,18)/t8-,9-,12+/m0/s1. The second-order valence-corrected chi connectivity index (χ2v) is 5.00. The minimum atomic E-state index is -2.82. The first-order valence-corrected chi connectivity index (χ1v) is 6.32. The molecule has 0 bridgehead atoms. The Morgan fingerprint density at radius 2 is 1.95 bits per heavy atom. The molecular formula is C14H17F2NO2. The summed E-state index contributed by atoms with van der Waals surface area (Å²) in [6.45, 7) is 1.10.